The maximum Gasteiger partial charge on any atom is 0.321 e. The number of hydrogen-bond donors (Lipinski definition) is 3. The van der Waals surface area contributed by atoms with E-state index in [1.54, 1.807) is 0 Å². The van der Waals surface area contributed by atoms with Crippen LogP contribution in [0.3, 0.4) is 0 Å². The van der Waals surface area contributed by atoms with Crippen molar-refractivity contribution in [2.75, 3.05) is 13.2 Å². The molecule has 0 aromatic rings. The van der Waals surface area contributed by atoms with E-state index in [2.05, 4.69) is 11.9 Å². The van der Waals surface area contributed by atoms with Gasteiger partial charge in [-0.3, -0.25) is 4.90 Å². The molecule has 1 unspecified atom stereocenters. The summed E-state index contributed by atoms with van der Waals surface area (Å²) in [5.74, 6) is -4.70. The molecule has 2 rings (SSSR count). The first kappa shape index (κ1) is 14.2. The fourth-order valence-electron chi connectivity index (χ4n) is 2.38. The predicted octanol–water partition coefficient (Wildman–Crippen LogP) is -0.125. The maximum atomic E-state index is 14.2. The van der Waals surface area contributed by atoms with Crippen molar-refractivity contribution < 1.29 is 28.5 Å². The highest BCUT2D eigenvalue weighted by Gasteiger charge is 2.60. The second kappa shape index (κ2) is 5.03. The van der Waals surface area contributed by atoms with Crippen LogP contribution >= 0.6 is 0 Å². The molecule has 2 aliphatic rings. The fourth-order valence-corrected chi connectivity index (χ4v) is 2.38. The molecule has 4 atom stereocenters. The van der Waals surface area contributed by atoms with Crippen LogP contribution in [-0.2, 0) is 4.74 Å². The molecule has 0 spiro atoms. The number of carbonyl (C=O) groups excluding carboxylic acids is 1. The van der Waals surface area contributed by atoms with Crippen LogP contribution in [0.4, 0.5) is 13.6 Å². The molecule has 108 valence electrons. The number of carbonyl (C=O) groups is 1. The molecular formula is C11H16F2N2O4. The van der Waals surface area contributed by atoms with E-state index in [9.17, 15) is 18.7 Å². The average molecular weight is 278 g/mol. The monoisotopic (exact) mass is 278 g/mol. The van der Waals surface area contributed by atoms with Crippen molar-refractivity contribution in [3.63, 3.8) is 0 Å². The standard InChI is InChI=1S/C11H16F2N2O4/c1-2-6-7(5-16)19-9(11(6,12)13)15-4-3-8(17)14-10(15)18/h2,6-9,16-17H,1,3-5H2,(H,14,18)/t6-,7-,8+,9?/m1/s1. The van der Waals surface area contributed by atoms with Crippen LogP contribution in [0.15, 0.2) is 12.7 Å². The number of ether oxygens (including phenoxy) is 1. The van der Waals surface area contributed by atoms with Crippen LogP contribution < -0.4 is 5.32 Å². The quantitative estimate of drug-likeness (QED) is 0.628. The molecule has 0 radical (unpaired) electrons. The van der Waals surface area contributed by atoms with Gasteiger partial charge in [0.05, 0.1) is 18.6 Å². The highest BCUT2D eigenvalue weighted by atomic mass is 19.3. The lowest BCUT2D eigenvalue weighted by atomic mass is 9.97. The first-order valence-electron chi connectivity index (χ1n) is 5.93. The lowest BCUT2D eigenvalue weighted by molar-refractivity contribution is -0.148. The Hall–Kier alpha value is -1.25. The van der Waals surface area contributed by atoms with Gasteiger partial charge < -0.3 is 20.3 Å². The van der Waals surface area contributed by atoms with E-state index in [4.69, 9.17) is 9.84 Å². The van der Waals surface area contributed by atoms with Crippen molar-refractivity contribution in [1.82, 2.24) is 10.2 Å². The van der Waals surface area contributed by atoms with Gasteiger partial charge in [0.25, 0.3) is 0 Å². The van der Waals surface area contributed by atoms with E-state index >= 15 is 0 Å². The Balaban J connectivity index is 2.20. The highest BCUT2D eigenvalue weighted by Crippen LogP contribution is 2.43. The number of nitrogens with one attached hydrogen (secondary N) is 1. The molecule has 8 heteroatoms. The van der Waals surface area contributed by atoms with Crippen molar-refractivity contribution in [1.29, 1.82) is 0 Å². The minimum atomic E-state index is -3.34. The number of halogens is 2. The topological polar surface area (TPSA) is 82.0 Å². The van der Waals surface area contributed by atoms with Crippen molar-refractivity contribution in [2.24, 2.45) is 5.92 Å². The molecule has 2 heterocycles. The van der Waals surface area contributed by atoms with Crippen LogP contribution in [-0.4, -0.2) is 58.8 Å². The van der Waals surface area contributed by atoms with Gasteiger partial charge in [0, 0.05) is 13.0 Å². The fraction of sp³-hybridized carbons (Fsp3) is 0.727. The molecule has 6 nitrogen and oxygen atoms in total. The summed E-state index contributed by atoms with van der Waals surface area (Å²) < 4.78 is 33.4. The number of aliphatic hydroxyl groups excluding tert-OH is 2. The number of urea groups is 1. The van der Waals surface area contributed by atoms with Gasteiger partial charge in [-0.25, -0.2) is 13.6 Å². The summed E-state index contributed by atoms with van der Waals surface area (Å²) >= 11 is 0. The summed E-state index contributed by atoms with van der Waals surface area (Å²) in [6, 6.07) is -0.815. The minimum absolute atomic E-state index is 0.0464. The van der Waals surface area contributed by atoms with Gasteiger partial charge in [-0.2, -0.15) is 0 Å². The minimum Gasteiger partial charge on any atom is -0.394 e. The molecule has 0 aromatic heterocycles. The lowest BCUT2D eigenvalue weighted by Gasteiger charge is -2.36. The first-order valence-corrected chi connectivity index (χ1v) is 5.93. The van der Waals surface area contributed by atoms with Crippen LogP contribution in [0.2, 0.25) is 0 Å². The number of nitrogens with zero attached hydrogens (tertiary/aromatic N) is 1. The molecule has 2 aliphatic heterocycles. The summed E-state index contributed by atoms with van der Waals surface area (Å²) in [6.07, 6.45) is -2.75. The van der Waals surface area contributed by atoms with Gasteiger partial charge in [0.2, 0.25) is 0 Å². The van der Waals surface area contributed by atoms with E-state index in [1.807, 2.05) is 0 Å². The van der Waals surface area contributed by atoms with Gasteiger partial charge >= 0.3 is 12.0 Å². The molecule has 2 saturated heterocycles. The molecule has 0 saturated carbocycles. The van der Waals surface area contributed by atoms with Gasteiger partial charge in [-0.15, -0.1) is 6.58 Å². The first-order chi connectivity index (χ1) is 8.91. The van der Waals surface area contributed by atoms with E-state index in [0.29, 0.717) is 0 Å². The van der Waals surface area contributed by atoms with E-state index in [-0.39, 0.29) is 13.0 Å². The SMILES string of the molecule is C=C[C@@H]1[C@@H](CO)OC(N2CC[C@H](O)NC2=O)C1(F)F. The predicted molar refractivity (Wildman–Crippen MR) is 60.2 cm³/mol. The van der Waals surface area contributed by atoms with Crippen molar-refractivity contribution >= 4 is 6.03 Å². The summed E-state index contributed by atoms with van der Waals surface area (Å²) in [5.41, 5.74) is 0. The number of amides is 2. The Kier molecular flexibility index (Phi) is 3.75. The van der Waals surface area contributed by atoms with E-state index in [1.165, 1.54) is 0 Å². The molecule has 3 N–H and O–H groups in total. The summed E-state index contributed by atoms with van der Waals surface area (Å²) in [7, 11) is 0. The molecule has 2 fully saturated rings. The van der Waals surface area contributed by atoms with Crippen LogP contribution in [0.25, 0.3) is 0 Å². The molecule has 19 heavy (non-hydrogen) atoms. The van der Waals surface area contributed by atoms with Crippen molar-refractivity contribution in [2.45, 2.75) is 30.9 Å². The third-order valence-electron chi connectivity index (χ3n) is 3.39. The maximum absolute atomic E-state index is 14.2. The Morgan fingerprint density at radius 3 is 2.79 bits per heavy atom. The summed E-state index contributed by atoms with van der Waals surface area (Å²) in [5, 5.41) is 20.4. The molecule has 0 aliphatic carbocycles. The average Bonchev–Trinajstić information content (AvgIpc) is 2.60. The molecular weight excluding hydrogens is 262 g/mol. The van der Waals surface area contributed by atoms with Crippen LogP contribution in [0.1, 0.15) is 6.42 Å². The second-order valence-electron chi connectivity index (χ2n) is 4.59. The van der Waals surface area contributed by atoms with E-state index < -0.39 is 43.0 Å². The zero-order valence-corrected chi connectivity index (χ0v) is 10.1. The zero-order chi connectivity index (χ0) is 14.2. The van der Waals surface area contributed by atoms with Gasteiger partial charge in [-0.1, -0.05) is 6.08 Å². The van der Waals surface area contributed by atoms with Crippen molar-refractivity contribution in [3.05, 3.63) is 12.7 Å². The molecule has 0 bridgehead atoms. The Bertz CT molecular complexity index is 380. The number of rotatable bonds is 3. The largest absolute Gasteiger partial charge is 0.394 e. The van der Waals surface area contributed by atoms with Crippen LogP contribution in [0.5, 0.6) is 0 Å². The Morgan fingerprint density at radius 2 is 2.32 bits per heavy atom. The third kappa shape index (κ3) is 2.31. The Morgan fingerprint density at radius 1 is 1.63 bits per heavy atom. The summed E-state index contributed by atoms with van der Waals surface area (Å²) in [4.78, 5) is 12.5. The normalized spacial score (nSPS) is 38.1. The third-order valence-corrected chi connectivity index (χ3v) is 3.39. The number of alkyl halides is 2. The van der Waals surface area contributed by atoms with E-state index in [0.717, 1.165) is 11.0 Å². The Labute approximate surface area is 108 Å². The lowest BCUT2D eigenvalue weighted by Crippen LogP contribution is -2.59. The number of hydrogen-bond acceptors (Lipinski definition) is 4. The molecule has 2 amide bonds. The number of aliphatic hydroxyl groups is 2. The highest BCUT2D eigenvalue weighted by molar-refractivity contribution is 5.75. The van der Waals surface area contributed by atoms with Gasteiger partial charge in [0.15, 0.2) is 6.23 Å². The summed E-state index contributed by atoms with van der Waals surface area (Å²) in [6.45, 7) is 2.69. The van der Waals surface area contributed by atoms with Gasteiger partial charge in [-0.05, 0) is 0 Å². The zero-order valence-electron chi connectivity index (χ0n) is 10.1. The van der Waals surface area contributed by atoms with Crippen LogP contribution in [0, 0.1) is 5.92 Å². The van der Waals surface area contributed by atoms with Crippen molar-refractivity contribution in [3.8, 4) is 0 Å². The smallest absolute Gasteiger partial charge is 0.321 e. The molecule has 0 aromatic carbocycles. The van der Waals surface area contributed by atoms with Gasteiger partial charge in [0.1, 0.15) is 6.23 Å². The second-order valence-corrected chi connectivity index (χ2v) is 4.59.